The Labute approximate surface area is 132 Å². The molecular weight excluding hydrogens is 315 g/mol. The highest BCUT2D eigenvalue weighted by Crippen LogP contribution is 2.22. The van der Waals surface area contributed by atoms with Gasteiger partial charge in [0.2, 0.25) is 0 Å². The first-order chi connectivity index (χ1) is 10.0. The van der Waals surface area contributed by atoms with E-state index in [0.29, 0.717) is 34.0 Å². The number of halogens is 4. The van der Waals surface area contributed by atoms with Crippen LogP contribution in [-0.4, -0.2) is 13.1 Å². The lowest BCUT2D eigenvalue weighted by molar-refractivity contribution is 0.517. The third-order valence-corrected chi connectivity index (χ3v) is 3.98. The second-order valence-corrected chi connectivity index (χ2v) is 5.67. The van der Waals surface area contributed by atoms with E-state index in [1.807, 2.05) is 0 Å². The Bertz CT molecular complexity index is 611. The highest BCUT2D eigenvalue weighted by molar-refractivity contribution is 6.31. The lowest BCUT2D eigenvalue weighted by atomic mass is 9.98. The van der Waals surface area contributed by atoms with Gasteiger partial charge in [-0.3, -0.25) is 0 Å². The molecule has 0 heterocycles. The summed E-state index contributed by atoms with van der Waals surface area (Å²) in [5.41, 5.74) is 0.926. The van der Waals surface area contributed by atoms with Crippen LogP contribution in [0.1, 0.15) is 11.1 Å². The summed E-state index contributed by atoms with van der Waals surface area (Å²) in [6, 6.07) is 8.85. The molecule has 0 aliphatic rings. The molecule has 0 radical (unpaired) electrons. The van der Waals surface area contributed by atoms with E-state index >= 15 is 0 Å². The van der Waals surface area contributed by atoms with Gasteiger partial charge in [-0.1, -0.05) is 29.3 Å². The zero-order valence-corrected chi connectivity index (χ0v) is 13.0. The first-order valence-electron chi connectivity index (χ1n) is 6.55. The van der Waals surface area contributed by atoms with Crippen LogP contribution in [0.4, 0.5) is 8.78 Å². The minimum Gasteiger partial charge on any atom is -0.316 e. The molecule has 21 heavy (non-hydrogen) atoms. The SMILES string of the molecule is CNC(Cc1cc(Cl)ccc1F)Cc1c(F)cccc1Cl. The van der Waals surface area contributed by atoms with Gasteiger partial charge in [0.25, 0.3) is 0 Å². The van der Waals surface area contributed by atoms with Crippen molar-refractivity contribution in [2.24, 2.45) is 0 Å². The van der Waals surface area contributed by atoms with E-state index in [9.17, 15) is 8.78 Å². The standard InChI is InChI=1S/C16H15Cl2F2N/c1-21-12(8-10-7-11(17)5-6-15(10)19)9-13-14(18)3-2-4-16(13)20/h2-7,12,21H,8-9H2,1H3. The summed E-state index contributed by atoms with van der Waals surface area (Å²) < 4.78 is 27.6. The van der Waals surface area contributed by atoms with Crippen LogP contribution in [0.25, 0.3) is 0 Å². The Balaban J connectivity index is 2.19. The van der Waals surface area contributed by atoms with Gasteiger partial charge in [-0.25, -0.2) is 8.78 Å². The quantitative estimate of drug-likeness (QED) is 0.842. The predicted octanol–water partition coefficient (Wildman–Crippen LogP) is 4.64. The van der Waals surface area contributed by atoms with Crippen LogP contribution in [0.2, 0.25) is 10.0 Å². The second kappa shape index (κ2) is 7.21. The van der Waals surface area contributed by atoms with Gasteiger partial charge in [0.15, 0.2) is 0 Å². The first-order valence-corrected chi connectivity index (χ1v) is 7.31. The fourth-order valence-corrected chi connectivity index (χ4v) is 2.65. The van der Waals surface area contributed by atoms with Crippen molar-refractivity contribution in [3.05, 3.63) is 69.2 Å². The second-order valence-electron chi connectivity index (χ2n) is 4.83. The molecule has 1 unspecified atom stereocenters. The molecule has 2 rings (SSSR count). The topological polar surface area (TPSA) is 12.0 Å². The molecule has 0 aliphatic heterocycles. The molecule has 5 heteroatoms. The van der Waals surface area contributed by atoms with Crippen LogP contribution >= 0.6 is 23.2 Å². The highest BCUT2D eigenvalue weighted by atomic mass is 35.5. The minimum absolute atomic E-state index is 0.146. The summed E-state index contributed by atoms with van der Waals surface area (Å²) >= 11 is 11.9. The summed E-state index contributed by atoms with van der Waals surface area (Å²) in [5.74, 6) is -0.673. The molecule has 0 spiro atoms. The molecule has 0 aromatic heterocycles. The van der Waals surface area contributed by atoms with E-state index in [1.54, 1.807) is 25.2 Å². The monoisotopic (exact) mass is 329 g/mol. The van der Waals surface area contributed by atoms with Crippen LogP contribution < -0.4 is 5.32 Å². The van der Waals surface area contributed by atoms with Crippen LogP contribution in [0.15, 0.2) is 36.4 Å². The number of likely N-dealkylation sites (N-methyl/N-ethyl adjacent to an activating group) is 1. The van der Waals surface area contributed by atoms with Crippen LogP contribution in [0.5, 0.6) is 0 Å². The van der Waals surface area contributed by atoms with Gasteiger partial charge in [0, 0.05) is 21.7 Å². The van der Waals surface area contributed by atoms with Crippen molar-refractivity contribution in [2.45, 2.75) is 18.9 Å². The zero-order valence-electron chi connectivity index (χ0n) is 11.5. The molecular formula is C16H15Cl2F2N. The summed E-state index contributed by atoms with van der Waals surface area (Å²) in [7, 11) is 1.75. The molecule has 0 saturated heterocycles. The number of hydrogen-bond donors (Lipinski definition) is 1. The van der Waals surface area contributed by atoms with E-state index in [2.05, 4.69) is 5.32 Å². The lowest BCUT2D eigenvalue weighted by Crippen LogP contribution is -2.30. The Morgan fingerprint density at radius 2 is 1.81 bits per heavy atom. The van der Waals surface area contributed by atoms with Crippen molar-refractivity contribution in [3.63, 3.8) is 0 Å². The molecule has 2 aromatic carbocycles. The molecule has 1 nitrogen and oxygen atoms in total. The van der Waals surface area contributed by atoms with Gasteiger partial charge < -0.3 is 5.32 Å². The van der Waals surface area contributed by atoms with Crippen molar-refractivity contribution >= 4 is 23.2 Å². The van der Waals surface area contributed by atoms with E-state index in [0.717, 1.165) is 0 Å². The average Bonchev–Trinajstić information content (AvgIpc) is 2.45. The lowest BCUT2D eigenvalue weighted by Gasteiger charge is -2.18. The molecule has 1 N–H and O–H groups in total. The maximum atomic E-state index is 13.8. The van der Waals surface area contributed by atoms with Crippen molar-refractivity contribution in [1.82, 2.24) is 5.32 Å². The van der Waals surface area contributed by atoms with E-state index in [-0.39, 0.29) is 17.7 Å². The molecule has 0 fully saturated rings. The maximum absolute atomic E-state index is 13.8. The van der Waals surface area contributed by atoms with Crippen molar-refractivity contribution in [2.75, 3.05) is 7.05 Å². The van der Waals surface area contributed by atoms with Gasteiger partial charge in [0.1, 0.15) is 11.6 Å². The van der Waals surface area contributed by atoms with Gasteiger partial charge in [-0.2, -0.15) is 0 Å². The van der Waals surface area contributed by atoms with Crippen molar-refractivity contribution in [1.29, 1.82) is 0 Å². The Morgan fingerprint density at radius 1 is 1.05 bits per heavy atom. The fourth-order valence-electron chi connectivity index (χ4n) is 2.22. The molecule has 0 amide bonds. The number of rotatable bonds is 5. The first kappa shape index (κ1) is 16.2. The summed E-state index contributed by atoms with van der Waals surface area (Å²) in [6.07, 6.45) is 0.765. The Morgan fingerprint density at radius 3 is 2.48 bits per heavy atom. The van der Waals surface area contributed by atoms with Crippen molar-refractivity contribution < 1.29 is 8.78 Å². The average molecular weight is 330 g/mol. The van der Waals surface area contributed by atoms with Crippen LogP contribution in [-0.2, 0) is 12.8 Å². The highest BCUT2D eigenvalue weighted by Gasteiger charge is 2.16. The molecule has 0 aliphatic carbocycles. The number of nitrogens with one attached hydrogen (secondary N) is 1. The minimum atomic E-state index is -0.352. The van der Waals surface area contributed by atoms with Gasteiger partial charge in [-0.05, 0) is 55.8 Å². The van der Waals surface area contributed by atoms with Crippen molar-refractivity contribution in [3.8, 4) is 0 Å². The van der Waals surface area contributed by atoms with E-state index < -0.39 is 0 Å². The normalized spacial score (nSPS) is 12.4. The summed E-state index contributed by atoms with van der Waals surface area (Å²) in [5, 5.41) is 3.92. The predicted molar refractivity (Wildman–Crippen MR) is 83.1 cm³/mol. The zero-order chi connectivity index (χ0) is 15.4. The molecule has 1 atom stereocenters. The molecule has 0 bridgehead atoms. The molecule has 2 aromatic rings. The smallest absolute Gasteiger partial charge is 0.127 e. The maximum Gasteiger partial charge on any atom is 0.127 e. The van der Waals surface area contributed by atoms with Crippen LogP contribution in [0, 0.1) is 11.6 Å². The largest absolute Gasteiger partial charge is 0.316 e. The number of hydrogen-bond acceptors (Lipinski definition) is 1. The summed E-state index contributed by atoms with van der Waals surface area (Å²) in [4.78, 5) is 0. The third kappa shape index (κ3) is 4.16. The van der Waals surface area contributed by atoms with Crippen LogP contribution in [0.3, 0.4) is 0 Å². The third-order valence-electron chi connectivity index (χ3n) is 3.39. The van der Waals surface area contributed by atoms with Gasteiger partial charge in [-0.15, -0.1) is 0 Å². The van der Waals surface area contributed by atoms with Gasteiger partial charge >= 0.3 is 0 Å². The van der Waals surface area contributed by atoms with Gasteiger partial charge in [0.05, 0.1) is 0 Å². The van der Waals surface area contributed by atoms with E-state index in [1.165, 1.54) is 18.2 Å². The number of benzene rings is 2. The van der Waals surface area contributed by atoms with E-state index in [4.69, 9.17) is 23.2 Å². The molecule has 112 valence electrons. The molecule has 0 saturated carbocycles. The Hall–Kier alpha value is -1.16. The summed E-state index contributed by atoms with van der Waals surface area (Å²) in [6.45, 7) is 0. The Kier molecular flexibility index (Phi) is 5.57. The fraction of sp³-hybridized carbons (Fsp3) is 0.250.